The first kappa shape index (κ1) is 19.4. The molecule has 0 aliphatic carbocycles. The second-order valence-corrected chi connectivity index (χ2v) is 5.11. The van der Waals surface area contributed by atoms with Crippen molar-refractivity contribution < 1.29 is 43.3 Å². The van der Waals surface area contributed by atoms with E-state index in [9.17, 15) is 24.0 Å². The van der Waals surface area contributed by atoms with Crippen molar-refractivity contribution in [1.29, 1.82) is 0 Å². The van der Waals surface area contributed by atoms with Gasteiger partial charge in [0.1, 0.15) is 6.04 Å². The van der Waals surface area contributed by atoms with Crippen molar-refractivity contribution in [3.05, 3.63) is 0 Å². The van der Waals surface area contributed by atoms with Gasteiger partial charge in [-0.2, -0.15) is 0 Å². The normalized spacial score (nSPS) is 19.1. The summed E-state index contributed by atoms with van der Waals surface area (Å²) in [4.78, 5) is 59.1. The molecule has 3 atom stereocenters. The summed E-state index contributed by atoms with van der Waals surface area (Å²) in [6.07, 6.45) is -2.98. The predicted molar refractivity (Wildman–Crippen MR) is 75.5 cm³/mol. The van der Waals surface area contributed by atoms with Crippen LogP contribution in [-0.4, -0.2) is 71.7 Å². The third-order valence-corrected chi connectivity index (χ3v) is 3.36. The predicted octanol–water partition coefficient (Wildman–Crippen LogP) is -0.902. The highest BCUT2D eigenvalue weighted by atomic mass is 16.6. The number of carbonyl (C=O) groups excluding carboxylic acids is 4. The summed E-state index contributed by atoms with van der Waals surface area (Å²) in [5.74, 6) is -5.06. The molecule has 0 aromatic carbocycles. The first-order chi connectivity index (χ1) is 11.2. The van der Waals surface area contributed by atoms with Crippen molar-refractivity contribution in [1.82, 2.24) is 4.90 Å². The number of carbonyl (C=O) groups is 5. The molecule has 24 heavy (non-hydrogen) atoms. The van der Waals surface area contributed by atoms with Gasteiger partial charge in [0.15, 0.2) is 0 Å². The van der Waals surface area contributed by atoms with Crippen LogP contribution in [0.5, 0.6) is 0 Å². The Morgan fingerprint density at radius 1 is 1.04 bits per heavy atom. The van der Waals surface area contributed by atoms with Crippen LogP contribution in [0.15, 0.2) is 0 Å². The maximum Gasteiger partial charge on any atom is 0.351 e. The number of amides is 1. The Bertz CT molecular complexity index is 544. The fourth-order valence-corrected chi connectivity index (χ4v) is 2.40. The van der Waals surface area contributed by atoms with Crippen LogP contribution in [0.1, 0.15) is 26.7 Å². The van der Waals surface area contributed by atoms with Gasteiger partial charge < -0.3 is 24.2 Å². The summed E-state index contributed by atoms with van der Waals surface area (Å²) < 4.78 is 14.1. The minimum Gasteiger partial charge on any atom is -0.480 e. The largest absolute Gasteiger partial charge is 0.480 e. The zero-order chi connectivity index (χ0) is 18.4. The molecule has 0 bridgehead atoms. The number of hydrogen-bond donors (Lipinski definition) is 1. The topological polar surface area (TPSA) is 137 Å². The molecule has 1 aliphatic heterocycles. The van der Waals surface area contributed by atoms with Crippen molar-refractivity contribution in [2.45, 2.75) is 44.9 Å². The van der Waals surface area contributed by atoms with Crippen molar-refractivity contribution in [2.75, 3.05) is 13.7 Å². The van der Waals surface area contributed by atoms with E-state index in [1.54, 1.807) is 0 Å². The van der Waals surface area contributed by atoms with E-state index in [0.717, 1.165) is 25.9 Å². The van der Waals surface area contributed by atoms with E-state index in [1.165, 1.54) is 0 Å². The molecule has 10 heteroatoms. The van der Waals surface area contributed by atoms with Crippen LogP contribution >= 0.6 is 0 Å². The number of carboxylic acid groups (broad SMARTS) is 1. The number of ether oxygens (including phenoxy) is 3. The lowest BCUT2D eigenvalue weighted by Gasteiger charge is -2.29. The van der Waals surface area contributed by atoms with E-state index in [4.69, 9.17) is 14.6 Å². The summed E-state index contributed by atoms with van der Waals surface area (Å²) >= 11 is 0. The average molecular weight is 345 g/mol. The highest BCUT2D eigenvalue weighted by molar-refractivity contribution is 5.93. The van der Waals surface area contributed by atoms with Gasteiger partial charge in [-0.1, -0.05) is 0 Å². The molecule has 10 nitrogen and oxygen atoms in total. The molecule has 1 amide bonds. The molecule has 1 fully saturated rings. The van der Waals surface area contributed by atoms with Gasteiger partial charge in [-0.15, -0.1) is 0 Å². The highest BCUT2D eigenvalue weighted by Crippen LogP contribution is 2.21. The summed E-state index contributed by atoms with van der Waals surface area (Å²) in [6.45, 7) is 2.11. The lowest BCUT2D eigenvalue weighted by molar-refractivity contribution is -0.185. The number of aliphatic carboxylic acids is 1. The summed E-state index contributed by atoms with van der Waals surface area (Å²) in [5, 5.41) is 9.16. The van der Waals surface area contributed by atoms with Crippen molar-refractivity contribution >= 4 is 29.8 Å². The fourth-order valence-electron chi connectivity index (χ4n) is 2.40. The molecule has 134 valence electrons. The number of nitrogens with zero attached hydrogens (tertiary/aromatic N) is 1. The summed E-state index contributed by atoms with van der Waals surface area (Å²) in [5.41, 5.74) is 0. The third-order valence-electron chi connectivity index (χ3n) is 3.36. The van der Waals surface area contributed by atoms with E-state index < -0.39 is 48.0 Å². The van der Waals surface area contributed by atoms with E-state index in [-0.39, 0.29) is 13.0 Å². The van der Waals surface area contributed by atoms with Gasteiger partial charge in [0.2, 0.25) is 12.2 Å². The molecule has 0 radical (unpaired) electrons. The monoisotopic (exact) mass is 345 g/mol. The van der Waals surface area contributed by atoms with Gasteiger partial charge in [-0.3, -0.25) is 14.4 Å². The van der Waals surface area contributed by atoms with Gasteiger partial charge in [0, 0.05) is 20.4 Å². The lowest BCUT2D eigenvalue weighted by atomic mass is 10.1. The Kier molecular flexibility index (Phi) is 6.69. The number of methoxy groups -OCH3 is 1. The number of carboxylic acids is 1. The van der Waals surface area contributed by atoms with Gasteiger partial charge in [-0.05, 0) is 12.8 Å². The van der Waals surface area contributed by atoms with Gasteiger partial charge >= 0.3 is 23.9 Å². The first-order valence-electron chi connectivity index (χ1n) is 7.14. The van der Waals surface area contributed by atoms with Crippen LogP contribution < -0.4 is 0 Å². The van der Waals surface area contributed by atoms with Gasteiger partial charge in [-0.25, -0.2) is 9.59 Å². The van der Waals surface area contributed by atoms with Gasteiger partial charge in [0.05, 0.1) is 7.11 Å². The zero-order valence-electron chi connectivity index (χ0n) is 13.5. The zero-order valence-corrected chi connectivity index (χ0v) is 13.5. The van der Waals surface area contributed by atoms with Crippen LogP contribution in [-0.2, 0) is 38.2 Å². The molecule has 0 aromatic heterocycles. The van der Waals surface area contributed by atoms with Crippen LogP contribution in [0.2, 0.25) is 0 Å². The Hall–Kier alpha value is -2.65. The van der Waals surface area contributed by atoms with Crippen LogP contribution in [0.3, 0.4) is 0 Å². The fraction of sp³-hybridized carbons (Fsp3) is 0.643. The Labute approximate surface area is 137 Å². The van der Waals surface area contributed by atoms with E-state index in [0.29, 0.717) is 6.42 Å². The van der Waals surface area contributed by atoms with Gasteiger partial charge in [0.25, 0.3) is 5.91 Å². The first-order valence-corrected chi connectivity index (χ1v) is 7.14. The minimum atomic E-state index is -1.82. The summed E-state index contributed by atoms with van der Waals surface area (Å²) in [6, 6.07) is -1.11. The van der Waals surface area contributed by atoms with Crippen molar-refractivity contribution in [3.8, 4) is 0 Å². The molecule has 0 spiro atoms. The second kappa shape index (κ2) is 8.27. The Morgan fingerprint density at radius 2 is 1.58 bits per heavy atom. The molecule has 0 unspecified atom stereocenters. The second-order valence-electron chi connectivity index (χ2n) is 5.11. The third kappa shape index (κ3) is 4.67. The molecular weight excluding hydrogens is 326 g/mol. The van der Waals surface area contributed by atoms with Crippen molar-refractivity contribution in [2.24, 2.45) is 0 Å². The maximum atomic E-state index is 12.6. The number of likely N-dealkylation sites (tertiary alicyclic amines) is 1. The summed E-state index contributed by atoms with van der Waals surface area (Å²) in [7, 11) is 1.00. The highest BCUT2D eigenvalue weighted by Gasteiger charge is 2.46. The number of esters is 3. The Morgan fingerprint density at radius 3 is 2.04 bits per heavy atom. The molecule has 1 rings (SSSR count). The van der Waals surface area contributed by atoms with E-state index >= 15 is 0 Å². The van der Waals surface area contributed by atoms with Crippen LogP contribution in [0, 0.1) is 0 Å². The lowest BCUT2D eigenvalue weighted by Crippen LogP contribution is -2.53. The molecule has 0 saturated carbocycles. The SMILES string of the molecule is COC(=O)[C@@H](OC(C)=O)[C@H](OC(C)=O)C(=O)N1CCC[C@H]1C(=O)O. The smallest absolute Gasteiger partial charge is 0.351 e. The standard InChI is InChI=1S/C14H19NO9/c1-7(16)23-10(11(14(21)22-3)24-8(2)17)12(18)15-6-4-5-9(15)13(19)20/h9-11H,4-6H2,1-3H3,(H,19,20)/t9-,10-,11-/m0/s1. The number of hydrogen-bond acceptors (Lipinski definition) is 8. The molecule has 1 aliphatic rings. The molecule has 1 N–H and O–H groups in total. The quantitative estimate of drug-likeness (QED) is 0.479. The van der Waals surface area contributed by atoms with Crippen molar-refractivity contribution in [3.63, 3.8) is 0 Å². The number of rotatable bonds is 6. The van der Waals surface area contributed by atoms with Crippen LogP contribution in [0.25, 0.3) is 0 Å². The molecule has 0 aromatic rings. The molecule has 1 heterocycles. The maximum absolute atomic E-state index is 12.6. The van der Waals surface area contributed by atoms with E-state index in [1.807, 2.05) is 0 Å². The molecule has 1 saturated heterocycles. The van der Waals surface area contributed by atoms with E-state index in [2.05, 4.69) is 4.74 Å². The Balaban J connectivity index is 3.15. The average Bonchev–Trinajstić information content (AvgIpc) is 2.98. The van der Waals surface area contributed by atoms with Crippen LogP contribution in [0.4, 0.5) is 0 Å². The minimum absolute atomic E-state index is 0.113. The molecular formula is C14H19NO9.